The van der Waals surface area contributed by atoms with Crippen LogP contribution in [0.1, 0.15) is 46.4 Å². The number of hydrogen-bond acceptors (Lipinski definition) is 7. The number of nitrogens with zero attached hydrogens (tertiary/aromatic N) is 3. The Morgan fingerprint density at radius 3 is 2.79 bits per heavy atom. The number of para-hydroxylation sites is 1. The van der Waals surface area contributed by atoms with Gasteiger partial charge in [0.15, 0.2) is 5.82 Å². The molecule has 0 amide bonds. The molecule has 0 aliphatic carbocycles. The van der Waals surface area contributed by atoms with Gasteiger partial charge in [0, 0.05) is 36.4 Å². The second-order valence-electron chi connectivity index (χ2n) is 9.35. The molecule has 2 aromatic heterocycles. The first-order chi connectivity index (χ1) is 19.0. The molecule has 0 fully saturated rings. The highest BCUT2D eigenvalue weighted by atomic mass is 19.1. The molecule has 0 radical (unpaired) electrons. The average molecular weight is 529 g/mol. The van der Waals surface area contributed by atoms with Crippen LogP contribution in [0.2, 0.25) is 0 Å². The molecule has 1 aliphatic heterocycles. The standard InChI is InChI=1S/C29H25FN4O5/c1-16(28-32-29(36)39-33-28)26-21-8-6-17(10-19(21)14-38-24-11-20(30)7-9-22(24)26)12-34-23-5-3-4-18(13-35)27(23)31-25(34)15-37-2/h3-11,35H,12-15H2,1-2H3,(H,32,33,36)/b26-16-. The van der Waals surface area contributed by atoms with Crippen LogP contribution in [-0.4, -0.2) is 31.9 Å². The summed E-state index contributed by atoms with van der Waals surface area (Å²) in [6.07, 6.45) is 0. The van der Waals surface area contributed by atoms with E-state index in [2.05, 4.69) is 20.8 Å². The fourth-order valence-corrected chi connectivity index (χ4v) is 5.12. The van der Waals surface area contributed by atoms with Gasteiger partial charge in [-0.2, -0.15) is 0 Å². The van der Waals surface area contributed by atoms with Crippen molar-refractivity contribution in [3.05, 3.63) is 110 Å². The summed E-state index contributed by atoms with van der Waals surface area (Å²) in [5, 5.41) is 13.7. The summed E-state index contributed by atoms with van der Waals surface area (Å²) in [5.41, 5.74) is 7.25. The number of rotatable bonds is 6. The van der Waals surface area contributed by atoms with Crippen molar-refractivity contribution in [1.82, 2.24) is 19.7 Å². The van der Waals surface area contributed by atoms with Crippen LogP contribution in [0.5, 0.6) is 5.75 Å². The van der Waals surface area contributed by atoms with Gasteiger partial charge in [0.25, 0.3) is 0 Å². The number of benzene rings is 3. The topological polar surface area (TPSA) is 115 Å². The maximum Gasteiger partial charge on any atom is 0.439 e. The first-order valence-electron chi connectivity index (χ1n) is 12.4. The molecule has 1 aliphatic rings. The van der Waals surface area contributed by atoms with Crippen LogP contribution in [0.4, 0.5) is 4.39 Å². The van der Waals surface area contributed by atoms with Crippen LogP contribution in [0.3, 0.4) is 0 Å². The molecule has 3 heterocycles. The number of H-pyrrole nitrogens is 1. The quantitative estimate of drug-likeness (QED) is 0.335. The minimum absolute atomic E-state index is 0.108. The zero-order valence-electron chi connectivity index (χ0n) is 21.3. The molecular weight excluding hydrogens is 503 g/mol. The summed E-state index contributed by atoms with van der Waals surface area (Å²) >= 11 is 0. The van der Waals surface area contributed by atoms with Crippen molar-refractivity contribution in [2.45, 2.75) is 33.3 Å². The molecule has 0 spiro atoms. The van der Waals surface area contributed by atoms with E-state index in [1.165, 1.54) is 12.1 Å². The second-order valence-corrected chi connectivity index (χ2v) is 9.35. The van der Waals surface area contributed by atoms with Gasteiger partial charge in [-0.15, -0.1) is 0 Å². The van der Waals surface area contributed by atoms with E-state index in [1.54, 1.807) is 13.2 Å². The molecule has 0 unspecified atom stereocenters. The molecule has 5 aromatic rings. The summed E-state index contributed by atoms with van der Waals surface area (Å²) < 4.78 is 32.5. The number of halogens is 1. The molecule has 0 atom stereocenters. The molecular formula is C29H25FN4O5. The maximum atomic E-state index is 14.2. The number of hydrogen-bond donors (Lipinski definition) is 2. The predicted molar refractivity (Wildman–Crippen MR) is 141 cm³/mol. The van der Waals surface area contributed by atoms with Crippen molar-refractivity contribution in [2.75, 3.05) is 7.11 Å². The number of aromatic nitrogens is 4. The van der Waals surface area contributed by atoms with E-state index in [9.17, 15) is 14.3 Å². The monoisotopic (exact) mass is 528 g/mol. The molecule has 10 heteroatoms. The van der Waals surface area contributed by atoms with Crippen LogP contribution in [0.15, 0.2) is 63.9 Å². The summed E-state index contributed by atoms with van der Waals surface area (Å²) in [4.78, 5) is 19.0. The van der Waals surface area contributed by atoms with Crippen LogP contribution in [0.25, 0.3) is 22.2 Å². The molecule has 0 bridgehead atoms. The van der Waals surface area contributed by atoms with E-state index in [0.717, 1.165) is 44.7 Å². The number of ether oxygens (including phenoxy) is 2. The second kappa shape index (κ2) is 9.97. The smallest absolute Gasteiger partial charge is 0.439 e. The molecule has 9 nitrogen and oxygen atoms in total. The van der Waals surface area contributed by atoms with Gasteiger partial charge in [-0.05, 0) is 53.5 Å². The van der Waals surface area contributed by atoms with Crippen molar-refractivity contribution in [3.8, 4) is 5.75 Å². The predicted octanol–water partition coefficient (Wildman–Crippen LogP) is 4.41. The number of fused-ring (bicyclic) bond motifs is 3. The van der Waals surface area contributed by atoms with Crippen molar-refractivity contribution in [3.63, 3.8) is 0 Å². The lowest BCUT2D eigenvalue weighted by atomic mass is 9.89. The molecule has 0 saturated heterocycles. The first-order valence-corrected chi connectivity index (χ1v) is 12.4. The van der Waals surface area contributed by atoms with E-state index < -0.39 is 11.6 Å². The van der Waals surface area contributed by atoms with E-state index in [4.69, 9.17) is 19.0 Å². The first kappa shape index (κ1) is 24.8. The summed E-state index contributed by atoms with van der Waals surface area (Å²) in [6.45, 7) is 2.76. The summed E-state index contributed by atoms with van der Waals surface area (Å²) in [7, 11) is 1.62. The fraction of sp³-hybridized carbons (Fsp3) is 0.207. The van der Waals surface area contributed by atoms with Gasteiger partial charge >= 0.3 is 5.76 Å². The third kappa shape index (κ3) is 4.43. The van der Waals surface area contributed by atoms with Gasteiger partial charge in [0.1, 0.15) is 30.6 Å². The Kier molecular flexibility index (Phi) is 6.34. The van der Waals surface area contributed by atoms with Gasteiger partial charge in [-0.25, -0.2) is 14.2 Å². The van der Waals surface area contributed by atoms with Gasteiger partial charge in [-0.1, -0.05) is 29.4 Å². The molecule has 6 rings (SSSR count). The third-order valence-electron chi connectivity index (χ3n) is 6.93. The Morgan fingerprint density at radius 2 is 2.03 bits per heavy atom. The van der Waals surface area contributed by atoms with E-state index in [-0.39, 0.29) is 19.0 Å². The summed E-state index contributed by atoms with van der Waals surface area (Å²) in [6, 6.07) is 16.2. The molecule has 198 valence electrons. The Balaban J connectivity index is 1.48. The van der Waals surface area contributed by atoms with Gasteiger partial charge in [0.05, 0.1) is 17.6 Å². The van der Waals surface area contributed by atoms with Gasteiger partial charge in [-0.3, -0.25) is 9.51 Å². The maximum absolute atomic E-state index is 14.2. The molecule has 3 aromatic carbocycles. The molecule has 0 saturated carbocycles. The van der Waals surface area contributed by atoms with E-state index in [0.29, 0.717) is 30.0 Å². The summed E-state index contributed by atoms with van der Waals surface area (Å²) in [5.74, 6) is 0.359. The van der Waals surface area contributed by atoms with E-state index in [1.807, 2.05) is 37.3 Å². The fourth-order valence-electron chi connectivity index (χ4n) is 5.12. The number of aromatic amines is 1. The minimum atomic E-state index is -0.659. The highest BCUT2D eigenvalue weighted by Crippen LogP contribution is 2.41. The number of aliphatic hydroxyl groups is 1. The van der Waals surface area contributed by atoms with Crippen molar-refractivity contribution < 1.29 is 23.5 Å². The van der Waals surface area contributed by atoms with Crippen LogP contribution >= 0.6 is 0 Å². The van der Waals surface area contributed by atoms with Crippen LogP contribution < -0.4 is 10.5 Å². The average Bonchev–Trinajstić information content (AvgIpc) is 3.48. The lowest BCUT2D eigenvalue weighted by molar-refractivity contribution is 0.175. The van der Waals surface area contributed by atoms with Crippen molar-refractivity contribution in [2.24, 2.45) is 0 Å². The number of methoxy groups -OCH3 is 1. The minimum Gasteiger partial charge on any atom is -0.488 e. The Morgan fingerprint density at radius 1 is 1.18 bits per heavy atom. The number of aliphatic hydroxyl groups excluding tert-OH is 1. The van der Waals surface area contributed by atoms with Gasteiger partial charge in [0.2, 0.25) is 0 Å². The normalized spacial score (nSPS) is 14.1. The van der Waals surface area contributed by atoms with Gasteiger partial charge < -0.3 is 19.1 Å². The third-order valence-corrected chi connectivity index (χ3v) is 6.93. The highest BCUT2D eigenvalue weighted by molar-refractivity contribution is 5.99. The van der Waals surface area contributed by atoms with Crippen LogP contribution in [-0.2, 0) is 31.1 Å². The number of allylic oxidation sites excluding steroid dienone is 1. The van der Waals surface area contributed by atoms with Crippen molar-refractivity contribution in [1.29, 1.82) is 0 Å². The lowest BCUT2D eigenvalue weighted by Gasteiger charge is -2.15. The zero-order chi connectivity index (χ0) is 27.1. The zero-order valence-corrected chi connectivity index (χ0v) is 21.3. The molecule has 2 N–H and O–H groups in total. The number of nitrogens with one attached hydrogen (secondary N) is 1. The Labute approximate surface area is 222 Å². The largest absolute Gasteiger partial charge is 0.488 e. The number of imidazole rings is 1. The Hall–Kier alpha value is -4.54. The van der Waals surface area contributed by atoms with Crippen molar-refractivity contribution >= 4 is 22.2 Å². The highest BCUT2D eigenvalue weighted by Gasteiger charge is 2.24. The Bertz CT molecular complexity index is 1800. The lowest BCUT2D eigenvalue weighted by Crippen LogP contribution is -2.07. The SMILES string of the molecule is COCc1nc2c(CO)cccc2n1Cc1ccc2c(c1)COc1cc(F)ccc1/C2=C(/C)c1noc(=O)[nH]1. The molecule has 39 heavy (non-hydrogen) atoms. The van der Waals surface area contributed by atoms with Crippen LogP contribution in [0, 0.1) is 5.82 Å². The van der Waals surface area contributed by atoms with E-state index >= 15 is 0 Å².